The first kappa shape index (κ1) is 11.1. The normalized spacial score (nSPS) is 9.20. The largest absolute Gasteiger partial charge is 0.330 e. The zero-order valence-corrected chi connectivity index (χ0v) is 7.87. The summed E-state index contributed by atoms with van der Waals surface area (Å²) < 4.78 is 12.9. The van der Waals surface area contributed by atoms with Gasteiger partial charge in [0.15, 0.2) is 0 Å². The molecule has 0 saturated heterocycles. The van der Waals surface area contributed by atoms with Gasteiger partial charge in [0.05, 0.1) is 11.0 Å². The lowest BCUT2D eigenvalue weighted by atomic mass is 10.2. The summed E-state index contributed by atoms with van der Waals surface area (Å²) in [6.07, 6.45) is 0.476. The zero-order valence-electron chi connectivity index (χ0n) is 7.87. The molecule has 0 aliphatic carbocycles. The summed E-state index contributed by atoms with van der Waals surface area (Å²) in [6.45, 7) is 0.407. The van der Waals surface area contributed by atoms with E-state index in [4.69, 9.17) is 5.73 Å². The van der Waals surface area contributed by atoms with Gasteiger partial charge in [-0.3, -0.25) is 10.1 Å². The van der Waals surface area contributed by atoms with Crippen LogP contribution in [-0.2, 0) is 0 Å². The molecule has 0 saturated carbocycles. The van der Waals surface area contributed by atoms with Crippen LogP contribution in [0, 0.1) is 27.8 Å². The second kappa shape index (κ2) is 5.08. The number of nitro benzene ring substituents is 1. The van der Waals surface area contributed by atoms with Gasteiger partial charge in [-0.15, -0.1) is 0 Å². The second-order valence-electron chi connectivity index (χ2n) is 2.80. The van der Waals surface area contributed by atoms with Crippen LogP contribution < -0.4 is 5.73 Å². The maximum Gasteiger partial charge on any atom is 0.273 e. The van der Waals surface area contributed by atoms with E-state index in [1.54, 1.807) is 0 Å². The van der Waals surface area contributed by atoms with E-state index < -0.39 is 10.7 Å². The standard InChI is InChI=1S/C10H9FN2O2/c11-9-5-8(3-1-2-4-12)6-10(7-9)13(14)15/h5-7H,2,4,12H2. The molecule has 1 aromatic rings. The number of nitrogens with two attached hydrogens (primary N) is 1. The van der Waals surface area contributed by atoms with Crippen LogP contribution in [0.4, 0.5) is 10.1 Å². The highest BCUT2D eigenvalue weighted by molar-refractivity contribution is 5.43. The number of hydrogen-bond donors (Lipinski definition) is 1. The molecule has 1 aromatic carbocycles. The zero-order chi connectivity index (χ0) is 11.3. The fourth-order valence-corrected chi connectivity index (χ4v) is 0.988. The first-order chi connectivity index (χ1) is 7.13. The number of nitrogens with zero attached hydrogens (tertiary/aromatic N) is 1. The van der Waals surface area contributed by atoms with Gasteiger partial charge in [-0.1, -0.05) is 11.8 Å². The highest BCUT2D eigenvalue weighted by Gasteiger charge is 2.08. The number of hydrogen-bond acceptors (Lipinski definition) is 3. The highest BCUT2D eigenvalue weighted by atomic mass is 19.1. The lowest BCUT2D eigenvalue weighted by Crippen LogP contribution is -1.95. The first-order valence-corrected chi connectivity index (χ1v) is 4.27. The third kappa shape index (κ3) is 3.37. The molecular weight excluding hydrogens is 199 g/mol. The Kier molecular flexibility index (Phi) is 3.77. The van der Waals surface area contributed by atoms with Crippen LogP contribution in [0.3, 0.4) is 0 Å². The summed E-state index contributed by atoms with van der Waals surface area (Å²) in [5, 5.41) is 10.4. The van der Waals surface area contributed by atoms with E-state index in [1.807, 2.05) is 0 Å². The van der Waals surface area contributed by atoms with Crippen LogP contribution in [0.5, 0.6) is 0 Å². The number of benzene rings is 1. The summed E-state index contributed by atoms with van der Waals surface area (Å²) in [7, 11) is 0. The van der Waals surface area contributed by atoms with Gasteiger partial charge >= 0.3 is 0 Å². The average Bonchev–Trinajstić information content (AvgIpc) is 2.17. The van der Waals surface area contributed by atoms with Crippen LogP contribution in [-0.4, -0.2) is 11.5 Å². The molecule has 0 fully saturated rings. The Labute approximate surface area is 86.0 Å². The van der Waals surface area contributed by atoms with Gasteiger partial charge in [-0.05, 0) is 6.07 Å². The molecule has 0 aliphatic heterocycles. The summed E-state index contributed by atoms with van der Waals surface area (Å²) in [6, 6.07) is 3.23. The maximum atomic E-state index is 12.9. The quantitative estimate of drug-likeness (QED) is 0.454. The molecule has 0 aromatic heterocycles. The molecule has 0 heterocycles. The number of halogens is 1. The van der Waals surface area contributed by atoms with Crippen molar-refractivity contribution in [1.29, 1.82) is 0 Å². The predicted molar refractivity (Wildman–Crippen MR) is 53.6 cm³/mol. The summed E-state index contributed by atoms with van der Waals surface area (Å²) in [5.41, 5.74) is 5.20. The van der Waals surface area contributed by atoms with E-state index in [0.717, 1.165) is 12.1 Å². The molecule has 0 aliphatic rings. The Morgan fingerprint density at radius 3 is 2.80 bits per heavy atom. The average molecular weight is 208 g/mol. The van der Waals surface area contributed by atoms with Gasteiger partial charge in [0.25, 0.3) is 5.69 Å². The van der Waals surface area contributed by atoms with Crippen LogP contribution in [0.25, 0.3) is 0 Å². The molecule has 15 heavy (non-hydrogen) atoms. The van der Waals surface area contributed by atoms with Gasteiger partial charge in [-0.25, -0.2) is 4.39 Å². The number of rotatable bonds is 2. The van der Waals surface area contributed by atoms with Gasteiger partial charge in [-0.2, -0.15) is 0 Å². The lowest BCUT2D eigenvalue weighted by Gasteiger charge is -1.93. The van der Waals surface area contributed by atoms with Crippen LogP contribution in [0.1, 0.15) is 12.0 Å². The molecule has 0 spiro atoms. The van der Waals surface area contributed by atoms with E-state index in [0.29, 0.717) is 13.0 Å². The minimum atomic E-state index is -0.666. The fraction of sp³-hybridized carbons (Fsp3) is 0.200. The van der Waals surface area contributed by atoms with Crippen molar-refractivity contribution < 1.29 is 9.31 Å². The third-order valence-corrected chi connectivity index (χ3v) is 1.60. The molecule has 0 atom stereocenters. The molecule has 2 N–H and O–H groups in total. The molecular formula is C10H9FN2O2. The predicted octanol–water partition coefficient (Wildman–Crippen LogP) is 1.43. The number of nitro groups is 1. The van der Waals surface area contributed by atoms with Gasteiger partial charge in [0.2, 0.25) is 0 Å². The first-order valence-electron chi connectivity index (χ1n) is 4.27. The maximum absolute atomic E-state index is 12.9. The Bertz CT molecular complexity index is 435. The van der Waals surface area contributed by atoms with Crippen LogP contribution in [0.2, 0.25) is 0 Å². The number of non-ortho nitro benzene ring substituents is 1. The summed E-state index contributed by atoms with van der Waals surface area (Å²) >= 11 is 0. The fourth-order valence-electron chi connectivity index (χ4n) is 0.988. The van der Waals surface area contributed by atoms with Crippen molar-refractivity contribution in [2.75, 3.05) is 6.54 Å². The molecule has 0 unspecified atom stereocenters. The van der Waals surface area contributed by atoms with E-state index in [1.165, 1.54) is 6.07 Å². The third-order valence-electron chi connectivity index (χ3n) is 1.60. The monoisotopic (exact) mass is 208 g/mol. The van der Waals surface area contributed by atoms with E-state index in [2.05, 4.69) is 11.8 Å². The molecule has 0 bridgehead atoms. The summed E-state index contributed by atoms with van der Waals surface area (Å²) in [5.74, 6) is 4.62. The van der Waals surface area contributed by atoms with Crippen molar-refractivity contribution in [3.63, 3.8) is 0 Å². The molecule has 1 rings (SSSR count). The van der Waals surface area contributed by atoms with Crippen molar-refractivity contribution in [3.05, 3.63) is 39.7 Å². The van der Waals surface area contributed by atoms with E-state index >= 15 is 0 Å². The van der Waals surface area contributed by atoms with Crippen molar-refractivity contribution in [1.82, 2.24) is 0 Å². The van der Waals surface area contributed by atoms with Gasteiger partial charge < -0.3 is 5.73 Å². The van der Waals surface area contributed by atoms with Crippen molar-refractivity contribution in [2.45, 2.75) is 6.42 Å². The van der Waals surface area contributed by atoms with Crippen LogP contribution in [0.15, 0.2) is 18.2 Å². The highest BCUT2D eigenvalue weighted by Crippen LogP contribution is 2.15. The minimum absolute atomic E-state index is 0.287. The Hall–Kier alpha value is -1.93. The Morgan fingerprint density at radius 1 is 1.47 bits per heavy atom. The molecule has 0 radical (unpaired) electrons. The Morgan fingerprint density at radius 2 is 2.20 bits per heavy atom. The second-order valence-corrected chi connectivity index (χ2v) is 2.80. The molecule has 0 amide bonds. The topological polar surface area (TPSA) is 69.2 Å². The van der Waals surface area contributed by atoms with Crippen molar-refractivity contribution >= 4 is 5.69 Å². The van der Waals surface area contributed by atoms with Crippen molar-refractivity contribution in [2.24, 2.45) is 5.73 Å². The van der Waals surface area contributed by atoms with Crippen molar-refractivity contribution in [3.8, 4) is 11.8 Å². The van der Waals surface area contributed by atoms with Crippen LogP contribution >= 0.6 is 0 Å². The van der Waals surface area contributed by atoms with Gasteiger partial charge in [0.1, 0.15) is 5.82 Å². The smallest absolute Gasteiger partial charge is 0.273 e. The Balaban J connectivity index is 3.00. The lowest BCUT2D eigenvalue weighted by molar-refractivity contribution is -0.385. The minimum Gasteiger partial charge on any atom is -0.330 e. The van der Waals surface area contributed by atoms with Gasteiger partial charge in [0, 0.05) is 24.6 Å². The molecule has 78 valence electrons. The van der Waals surface area contributed by atoms with E-state index in [-0.39, 0.29) is 11.3 Å². The molecule has 4 nitrogen and oxygen atoms in total. The molecule has 5 heteroatoms. The summed E-state index contributed by atoms with van der Waals surface area (Å²) in [4.78, 5) is 9.75. The van der Waals surface area contributed by atoms with E-state index in [9.17, 15) is 14.5 Å². The SMILES string of the molecule is NCCC#Cc1cc(F)cc([N+](=O)[O-])c1.